The zero-order valence-corrected chi connectivity index (χ0v) is 12.9. The Morgan fingerprint density at radius 2 is 2.00 bits per heavy atom. The topological polar surface area (TPSA) is 120 Å². The minimum Gasteiger partial charge on any atom is -0.391 e. The Kier molecular flexibility index (Phi) is 5.84. The first-order valence-corrected chi connectivity index (χ1v) is 7.62. The molecule has 1 unspecified atom stereocenters. The Morgan fingerprint density at radius 3 is 2.57 bits per heavy atom. The van der Waals surface area contributed by atoms with Crippen LogP contribution in [0.15, 0.2) is 20.7 Å². The van der Waals surface area contributed by atoms with Crippen LogP contribution in [-0.4, -0.2) is 49.0 Å². The van der Waals surface area contributed by atoms with E-state index in [1.54, 1.807) is 0 Å². The van der Waals surface area contributed by atoms with Crippen LogP contribution in [0.1, 0.15) is 6.42 Å². The third-order valence-corrected chi connectivity index (χ3v) is 4.28. The minimum atomic E-state index is -4.06. The number of nitrogens with one attached hydrogen (secondary N) is 1. The quantitative estimate of drug-likeness (QED) is 0.586. The average molecular weight is 321 g/mol. The van der Waals surface area contributed by atoms with Crippen LogP contribution in [0.4, 0.5) is 0 Å². The number of rotatable bonds is 7. The number of methoxy groups -OCH3 is 1. The van der Waals surface area contributed by atoms with Gasteiger partial charge >= 0.3 is 5.69 Å². The summed E-state index contributed by atoms with van der Waals surface area (Å²) in [6.07, 6.45) is 0.304. The highest BCUT2D eigenvalue weighted by Gasteiger charge is 2.21. The van der Waals surface area contributed by atoms with Gasteiger partial charge in [0.25, 0.3) is 5.56 Å². The second-order valence-corrected chi connectivity index (χ2v) is 6.28. The largest absolute Gasteiger partial charge is 0.391 e. The van der Waals surface area contributed by atoms with Crippen molar-refractivity contribution in [2.24, 2.45) is 14.1 Å². The van der Waals surface area contributed by atoms with Gasteiger partial charge in [-0.3, -0.25) is 9.36 Å². The molecule has 1 heterocycles. The van der Waals surface area contributed by atoms with Gasteiger partial charge in [0.15, 0.2) is 4.90 Å². The summed E-state index contributed by atoms with van der Waals surface area (Å²) in [5, 5.41) is 9.42. The molecule has 0 fully saturated rings. The van der Waals surface area contributed by atoms with E-state index in [0.29, 0.717) is 4.57 Å². The molecule has 9 nitrogen and oxygen atoms in total. The second-order valence-electron chi connectivity index (χ2n) is 4.55. The number of ether oxygens (including phenoxy) is 1. The highest BCUT2D eigenvalue weighted by atomic mass is 32.2. The lowest BCUT2D eigenvalue weighted by molar-refractivity contribution is 0.0603. The Labute approximate surface area is 121 Å². The van der Waals surface area contributed by atoms with Crippen molar-refractivity contribution in [3.8, 4) is 0 Å². The molecule has 1 rings (SSSR count). The van der Waals surface area contributed by atoms with E-state index in [1.807, 2.05) is 0 Å². The summed E-state index contributed by atoms with van der Waals surface area (Å²) in [4.78, 5) is 22.8. The number of aliphatic hydroxyl groups excluding tert-OH is 1. The number of hydrogen-bond donors (Lipinski definition) is 2. The normalized spacial score (nSPS) is 13.3. The van der Waals surface area contributed by atoms with Gasteiger partial charge in [-0.15, -0.1) is 0 Å². The van der Waals surface area contributed by atoms with Gasteiger partial charge in [-0.2, -0.15) is 0 Å². The number of aliphatic hydroxyl groups is 1. The molecule has 10 heteroatoms. The van der Waals surface area contributed by atoms with E-state index in [9.17, 15) is 23.1 Å². The van der Waals surface area contributed by atoms with Crippen molar-refractivity contribution in [1.29, 1.82) is 0 Å². The van der Waals surface area contributed by atoms with Gasteiger partial charge in [0, 0.05) is 33.9 Å². The van der Waals surface area contributed by atoms with Gasteiger partial charge in [0.1, 0.15) is 0 Å². The van der Waals surface area contributed by atoms with Crippen LogP contribution < -0.4 is 16.0 Å². The smallest absolute Gasteiger partial charge is 0.330 e. The van der Waals surface area contributed by atoms with Crippen LogP contribution in [0.5, 0.6) is 0 Å². The zero-order valence-electron chi connectivity index (χ0n) is 12.1. The first-order chi connectivity index (χ1) is 9.70. The number of sulfonamides is 1. The van der Waals surface area contributed by atoms with Crippen molar-refractivity contribution in [3.05, 3.63) is 27.0 Å². The van der Waals surface area contributed by atoms with Crippen LogP contribution >= 0.6 is 0 Å². The van der Waals surface area contributed by atoms with Crippen molar-refractivity contribution in [2.75, 3.05) is 20.3 Å². The minimum absolute atomic E-state index is 0.0567. The molecular weight excluding hydrogens is 302 g/mol. The molecule has 0 amide bonds. The summed E-state index contributed by atoms with van der Waals surface area (Å²) in [5.41, 5.74) is -1.52. The van der Waals surface area contributed by atoms with Crippen LogP contribution in [0.3, 0.4) is 0 Å². The van der Waals surface area contributed by atoms with Gasteiger partial charge in [0.05, 0.1) is 12.7 Å². The molecule has 0 aromatic carbocycles. The van der Waals surface area contributed by atoms with Gasteiger partial charge in [-0.1, -0.05) is 0 Å². The molecule has 2 N–H and O–H groups in total. The van der Waals surface area contributed by atoms with E-state index in [4.69, 9.17) is 4.74 Å². The fourth-order valence-corrected chi connectivity index (χ4v) is 2.88. The fourth-order valence-electron chi connectivity index (χ4n) is 1.67. The lowest BCUT2D eigenvalue weighted by atomic mass is 10.3. The van der Waals surface area contributed by atoms with E-state index in [-0.39, 0.29) is 19.6 Å². The molecular formula is C11H19N3O6S. The van der Waals surface area contributed by atoms with Gasteiger partial charge in [-0.05, 0) is 6.42 Å². The molecule has 0 aliphatic carbocycles. The number of aromatic nitrogens is 2. The predicted octanol–water partition coefficient (Wildman–Crippen LogP) is -2.24. The van der Waals surface area contributed by atoms with Gasteiger partial charge in [0.2, 0.25) is 10.0 Å². The van der Waals surface area contributed by atoms with Crippen LogP contribution in [0.2, 0.25) is 0 Å². The number of nitrogens with zero attached hydrogens (tertiary/aromatic N) is 2. The highest BCUT2D eigenvalue weighted by molar-refractivity contribution is 7.89. The van der Waals surface area contributed by atoms with Gasteiger partial charge in [-0.25, -0.2) is 17.9 Å². The Balaban J connectivity index is 2.95. The highest BCUT2D eigenvalue weighted by Crippen LogP contribution is 2.00. The maximum absolute atomic E-state index is 12.1. The molecule has 0 saturated carbocycles. The summed E-state index contributed by atoms with van der Waals surface area (Å²) >= 11 is 0. The van der Waals surface area contributed by atoms with Gasteiger partial charge < -0.3 is 14.4 Å². The van der Waals surface area contributed by atoms with Crippen molar-refractivity contribution >= 4 is 10.0 Å². The molecule has 1 atom stereocenters. The van der Waals surface area contributed by atoms with Crippen LogP contribution in [0, 0.1) is 0 Å². The SMILES string of the molecule is COCC(O)CCNS(=O)(=O)c1cn(C)c(=O)n(C)c1=O. The maximum atomic E-state index is 12.1. The lowest BCUT2D eigenvalue weighted by Gasteiger charge is -2.11. The van der Waals surface area contributed by atoms with E-state index in [2.05, 4.69) is 4.72 Å². The maximum Gasteiger partial charge on any atom is 0.330 e. The van der Waals surface area contributed by atoms with Crippen molar-refractivity contribution in [1.82, 2.24) is 13.9 Å². The Bertz CT molecular complexity index is 706. The summed E-state index contributed by atoms with van der Waals surface area (Å²) in [6.45, 7) is 0.0299. The molecule has 21 heavy (non-hydrogen) atoms. The van der Waals surface area contributed by atoms with Crippen molar-refractivity contribution in [2.45, 2.75) is 17.4 Å². The summed E-state index contributed by atoms with van der Waals surface area (Å²) in [7, 11) is -0.0893. The molecule has 0 aliphatic rings. The average Bonchev–Trinajstić information content (AvgIpc) is 2.40. The monoisotopic (exact) mass is 321 g/mol. The summed E-state index contributed by atoms with van der Waals surface area (Å²) in [6, 6.07) is 0. The first kappa shape index (κ1) is 17.6. The summed E-state index contributed by atoms with van der Waals surface area (Å²) in [5.74, 6) is 0. The fraction of sp³-hybridized carbons (Fsp3) is 0.636. The lowest BCUT2D eigenvalue weighted by Crippen LogP contribution is -2.41. The third-order valence-electron chi connectivity index (χ3n) is 2.83. The van der Waals surface area contributed by atoms with Crippen LogP contribution in [0.25, 0.3) is 0 Å². The standard InChI is InChI=1S/C11H19N3O6S/c1-13-6-9(10(16)14(2)11(13)17)21(18,19)12-5-4-8(15)7-20-3/h6,8,12,15H,4-5,7H2,1-3H3. The number of hydrogen-bond acceptors (Lipinski definition) is 6. The first-order valence-electron chi connectivity index (χ1n) is 6.14. The Morgan fingerprint density at radius 1 is 1.38 bits per heavy atom. The second kappa shape index (κ2) is 6.98. The molecule has 0 radical (unpaired) electrons. The predicted molar refractivity (Wildman–Crippen MR) is 74.6 cm³/mol. The van der Waals surface area contributed by atoms with E-state index < -0.39 is 32.3 Å². The molecule has 0 spiro atoms. The van der Waals surface area contributed by atoms with Crippen molar-refractivity contribution in [3.63, 3.8) is 0 Å². The summed E-state index contributed by atoms with van der Waals surface area (Å²) < 4.78 is 32.8. The van der Waals surface area contributed by atoms with Crippen molar-refractivity contribution < 1.29 is 18.3 Å². The molecule has 1 aromatic heterocycles. The Hall–Kier alpha value is -1.49. The number of aryl methyl sites for hydroxylation is 1. The van der Waals surface area contributed by atoms with Crippen LogP contribution in [-0.2, 0) is 28.9 Å². The van der Waals surface area contributed by atoms with E-state index >= 15 is 0 Å². The molecule has 0 bridgehead atoms. The molecule has 1 aromatic rings. The van der Waals surface area contributed by atoms with E-state index in [1.165, 1.54) is 21.2 Å². The van der Waals surface area contributed by atoms with E-state index in [0.717, 1.165) is 10.8 Å². The zero-order chi connectivity index (χ0) is 16.2. The molecule has 0 saturated heterocycles. The molecule has 0 aliphatic heterocycles. The molecule has 120 valence electrons. The third kappa shape index (κ3) is 4.24.